The molecule has 2 aromatic rings. The number of hydrogen-bond donors (Lipinski definition) is 0. The molecule has 0 fully saturated rings. The Hall–Kier alpha value is -0.613. The zero-order chi connectivity index (χ0) is 12.1. The van der Waals surface area contributed by atoms with E-state index >= 15 is 0 Å². The van der Waals surface area contributed by atoms with E-state index in [4.69, 9.17) is 33.2 Å². The van der Waals surface area contributed by atoms with Gasteiger partial charge in [-0.15, -0.1) is 33.2 Å². The SMILES string of the molecule is Cl[SiH](Cl)Cl.c1ccncc1.c1ccncc1. The van der Waals surface area contributed by atoms with E-state index in [9.17, 15) is 0 Å². The lowest BCUT2D eigenvalue weighted by Crippen LogP contribution is -1.66. The van der Waals surface area contributed by atoms with Crippen LogP contribution in [0.15, 0.2) is 61.2 Å². The maximum absolute atomic E-state index is 4.94. The van der Waals surface area contributed by atoms with Crippen LogP contribution in [0.1, 0.15) is 0 Å². The quantitative estimate of drug-likeness (QED) is 0.548. The summed E-state index contributed by atoms with van der Waals surface area (Å²) in [6.45, 7) is -1.72. The van der Waals surface area contributed by atoms with E-state index in [-0.39, 0.29) is 0 Å². The van der Waals surface area contributed by atoms with Crippen molar-refractivity contribution in [2.75, 3.05) is 0 Å². The van der Waals surface area contributed by atoms with Gasteiger partial charge in [0.05, 0.1) is 0 Å². The van der Waals surface area contributed by atoms with Crippen LogP contribution in [0.25, 0.3) is 0 Å². The fourth-order valence-corrected chi connectivity index (χ4v) is 0.625. The minimum Gasteiger partial charge on any atom is -0.265 e. The van der Waals surface area contributed by atoms with Crippen LogP contribution in [-0.2, 0) is 0 Å². The summed E-state index contributed by atoms with van der Waals surface area (Å²) in [6.07, 6.45) is 7.00. The summed E-state index contributed by atoms with van der Waals surface area (Å²) in [5.74, 6) is 0. The molecule has 0 N–H and O–H groups in total. The Labute approximate surface area is 111 Å². The Morgan fingerprint density at radius 3 is 0.875 bits per heavy atom. The maximum Gasteiger partial charge on any atom is 0.326 e. The standard InChI is InChI=1S/2C5H5N.Cl3HSi/c2*1-2-4-6-5-3-1;1-4(2)3/h2*1-5H;4H. The first-order chi connectivity index (χ1) is 7.73. The van der Waals surface area contributed by atoms with Crippen LogP contribution in [0, 0.1) is 0 Å². The highest BCUT2D eigenvalue weighted by atomic mass is 35.8. The second-order valence-electron chi connectivity index (χ2n) is 2.30. The molecule has 2 nitrogen and oxygen atoms in total. The summed E-state index contributed by atoms with van der Waals surface area (Å²) in [5.41, 5.74) is 0. The number of hydrogen-bond acceptors (Lipinski definition) is 2. The third kappa shape index (κ3) is 15.8. The summed E-state index contributed by atoms with van der Waals surface area (Å²) in [5, 5.41) is 0. The Morgan fingerprint density at radius 1 is 0.562 bits per heavy atom. The summed E-state index contributed by atoms with van der Waals surface area (Å²) >= 11 is 14.8. The van der Waals surface area contributed by atoms with Crippen molar-refractivity contribution in [2.24, 2.45) is 0 Å². The zero-order valence-corrected chi connectivity index (χ0v) is 11.8. The molecule has 0 aliphatic rings. The monoisotopic (exact) mass is 292 g/mol. The first-order valence-electron chi connectivity index (χ1n) is 4.35. The zero-order valence-electron chi connectivity index (χ0n) is 8.38. The second kappa shape index (κ2) is 12.5. The molecule has 0 atom stereocenters. The van der Waals surface area contributed by atoms with E-state index in [2.05, 4.69) is 9.97 Å². The van der Waals surface area contributed by atoms with Gasteiger partial charge in [-0.05, 0) is 24.3 Å². The smallest absolute Gasteiger partial charge is 0.265 e. The molecule has 0 radical (unpaired) electrons. The van der Waals surface area contributed by atoms with Crippen LogP contribution in [0.3, 0.4) is 0 Å². The van der Waals surface area contributed by atoms with Crippen molar-refractivity contribution in [1.82, 2.24) is 9.97 Å². The molecule has 0 amide bonds. The summed E-state index contributed by atoms with van der Waals surface area (Å²) in [4.78, 5) is 7.57. The van der Waals surface area contributed by atoms with Crippen molar-refractivity contribution in [3.63, 3.8) is 0 Å². The second-order valence-corrected chi connectivity index (χ2v) is 8.73. The number of nitrogens with zero attached hydrogens (tertiary/aromatic N) is 2. The fraction of sp³-hybridized carbons (Fsp3) is 0. The first-order valence-corrected chi connectivity index (χ1v) is 9.59. The molecule has 16 heavy (non-hydrogen) atoms. The summed E-state index contributed by atoms with van der Waals surface area (Å²) in [7, 11) is 0. The van der Waals surface area contributed by atoms with E-state index in [1.165, 1.54) is 0 Å². The molecular formula is C10H11Cl3N2Si. The van der Waals surface area contributed by atoms with Gasteiger partial charge in [0.2, 0.25) is 0 Å². The third-order valence-electron chi connectivity index (χ3n) is 1.13. The minimum atomic E-state index is -1.72. The largest absolute Gasteiger partial charge is 0.326 e. The van der Waals surface area contributed by atoms with Gasteiger partial charge in [-0.2, -0.15) is 0 Å². The number of pyridine rings is 2. The van der Waals surface area contributed by atoms with Crippen molar-refractivity contribution in [3.8, 4) is 0 Å². The average Bonchev–Trinajstić information content (AvgIpc) is 2.34. The van der Waals surface area contributed by atoms with Crippen LogP contribution in [0.2, 0.25) is 0 Å². The van der Waals surface area contributed by atoms with E-state index in [1.807, 2.05) is 36.4 Å². The topological polar surface area (TPSA) is 25.8 Å². The van der Waals surface area contributed by atoms with E-state index in [0.717, 1.165) is 0 Å². The molecule has 0 aliphatic carbocycles. The molecule has 0 spiro atoms. The molecule has 0 bridgehead atoms. The third-order valence-corrected chi connectivity index (χ3v) is 1.13. The fourth-order valence-electron chi connectivity index (χ4n) is 0.625. The van der Waals surface area contributed by atoms with Gasteiger partial charge < -0.3 is 0 Å². The number of aromatic nitrogens is 2. The molecule has 0 aliphatic heterocycles. The Morgan fingerprint density at radius 2 is 0.812 bits per heavy atom. The van der Waals surface area contributed by atoms with Crippen LogP contribution < -0.4 is 0 Å². The first kappa shape index (κ1) is 15.4. The van der Waals surface area contributed by atoms with E-state index in [1.54, 1.807) is 24.8 Å². The van der Waals surface area contributed by atoms with Crippen molar-refractivity contribution >= 4 is 40.0 Å². The minimum absolute atomic E-state index is 1.72. The van der Waals surface area contributed by atoms with Gasteiger partial charge in [-0.25, -0.2) is 0 Å². The highest BCUT2D eigenvalue weighted by molar-refractivity contribution is 7.54. The van der Waals surface area contributed by atoms with Gasteiger partial charge in [0, 0.05) is 24.8 Å². The predicted molar refractivity (Wildman–Crippen MR) is 73.2 cm³/mol. The molecule has 0 saturated heterocycles. The van der Waals surface area contributed by atoms with Gasteiger partial charge in [0.25, 0.3) is 0 Å². The Balaban J connectivity index is 0.000000217. The van der Waals surface area contributed by atoms with E-state index < -0.39 is 6.73 Å². The summed E-state index contributed by atoms with van der Waals surface area (Å²) in [6, 6.07) is 11.4. The molecule has 86 valence electrons. The van der Waals surface area contributed by atoms with Crippen LogP contribution >= 0.6 is 33.2 Å². The van der Waals surface area contributed by atoms with Gasteiger partial charge in [-0.1, -0.05) is 12.1 Å². The average molecular weight is 294 g/mol. The molecule has 2 aromatic heterocycles. The van der Waals surface area contributed by atoms with E-state index in [0.29, 0.717) is 0 Å². The van der Waals surface area contributed by atoms with Gasteiger partial charge in [0.1, 0.15) is 0 Å². The lowest BCUT2D eigenvalue weighted by atomic mass is 10.5. The molecule has 2 rings (SSSR count). The Kier molecular flexibility index (Phi) is 12.0. The molecule has 0 saturated carbocycles. The molecule has 2 heterocycles. The van der Waals surface area contributed by atoms with Crippen molar-refractivity contribution < 1.29 is 0 Å². The van der Waals surface area contributed by atoms with Crippen molar-refractivity contribution in [3.05, 3.63) is 61.2 Å². The van der Waals surface area contributed by atoms with Gasteiger partial charge >= 0.3 is 6.73 Å². The highest BCUT2D eigenvalue weighted by Crippen LogP contribution is 1.97. The number of rotatable bonds is 0. The maximum atomic E-state index is 4.94. The van der Waals surface area contributed by atoms with Gasteiger partial charge in [-0.3, -0.25) is 9.97 Å². The van der Waals surface area contributed by atoms with Gasteiger partial charge in [0.15, 0.2) is 0 Å². The molecule has 0 aromatic carbocycles. The van der Waals surface area contributed by atoms with Crippen LogP contribution in [0.4, 0.5) is 0 Å². The lowest BCUT2D eigenvalue weighted by Gasteiger charge is -1.70. The lowest BCUT2D eigenvalue weighted by molar-refractivity contribution is 1.33. The number of halogens is 3. The Bertz CT molecular complexity index is 234. The van der Waals surface area contributed by atoms with Crippen molar-refractivity contribution in [2.45, 2.75) is 0 Å². The summed E-state index contributed by atoms with van der Waals surface area (Å²) < 4.78 is 0. The molecule has 6 heteroatoms. The van der Waals surface area contributed by atoms with Crippen LogP contribution in [-0.4, -0.2) is 16.7 Å². The van der Waals surface area contributed by atoms with Crippen molar-refractivity contribution in [1.29, 1.82) is 0 Å². The highest BCUT2D eigenvalue weighted by Gasteiger charge is 1.85. The van der Waals surface area contributed by atoms with Crippen LogP contribution in [0.5, 0.6) is 0 Å². The molecular weight excluding hydrogens is 283 g/mol. The predicted octanol–water partition coefficient (Wildman–Crippen LogP) is 3.58. The molecule has 0 unspecified atom stereocenters. The normalized spacial score (nSPS) is 8.25.